The van der Waals surface area contributed by atoms with E-state index in [2.05, 4.69) is 0 Å². The number of hydrogen-bond donors (Lipinski definition) is 0. The van der Waals surface area contributed by atoms with E-state index in [1.54, 1.807) is 0 Å². The van der Waals surface area contributed by atoms with Crippen molar-refractivity contribution in [3.8, 4) is 0 Å². The molecule has 1 saturated carbocycles. The molecular weight excluding hydrogens is 320 g/mol. The predicted molar refractivity (Wildman–Crippen MR) is 95.2 cm³/mol. The van der Waals surface area contributed by atoms with E-state index in [-0.39, 0.29) is 23.6 Å². The fourth-order valence-electron chi connectivity index (χ4n) is 3.35. The molecule has 0 aliphatic heterocycles. The normalized spacial score (nSPS) is 20.5. The molecular formula is C20H22O3S. The Balaban J connectivity index is 1.58. The predicted octanol–water partition coefficient (Wildman–Crippen LogP) is 4.52. The Morgan fingerprint density at radius 2 is 1.75 bits per heavy atom. The third-order valence-electron chi connectivity index (χ3n) is 4.65. The zero-order valence-electron chi connectivity index (χ0n) is 13.6. The van der Waals surface area contributed by atoms with Crippen molar-refractivity contribution in [2.45, 2.75) is 32.1 Å². The second kappa shape index (κ2) is 8.25. The van der Waals surface area contributed by atoms with Gasteiger partial charge in [0.1, 0.15) is 0 Å². The molecule has 1 aromatic carbocycles. The standard InChI is InChI=1S/C20H22O3S/c21-19(18-11-6-14-24-18)16-9-4-5-10-17(16)20(22)23-13-12-15-7-2-1-3-8-15/h1-3,6-8,11,14,16-17H,4-5,9-10,12-13H2/t16-,17-/m1/s1. The minimum Gasteiger partial charge on any atom is -0.465 e. The molecule has 0 radical (unpaired) electrons. The quantitative estimate of drug-likeness (QED) is 0.572. The summed E-state index contributed by atoms with van der Waals surface area (Å²) in [5.74, 6) is -0.610. The zero-order chi connectivity index (χ0) is 16.8. The first-order chi connectivity index (χ1) is 11.8. The first kappa shape index (κ1) is 16.9. The van der Waals surface area contributed by atoms with Crippen LogP contribution in [-0.4, -0.2) is 18.4 Å². The smallest absolute Gasteiger partial charge is 0.309 e. The van der Waals surface area contributed by atoms with Crippen LogP contribution in [0.15, 0.2) is 47.8 Å². The van der Waals surface area contributed by atoms with Gasteiger partial charge in [0.2, 0.25) is 0 Å². The molecule has 2 aromatic rings. The van der Waals surface area contributed by atoms with Crippen molar-refractivity contribution in [3.05, 3.63) is 58.3 Å². The van der Waals surface area contributed by atoms with Crippen LogP contribution < -0.4 is 0 Å². The summed E-state index contributed by atoms with van der Waals surface area (Å²) in [5, 5.41) is 1.91. The van der Waals surface area contributed by atoms with Gasteiger partial charge in [-0.3, -0.25) is 9.59 Å². The molecule has 1 heterocycles. The Hall–Kier alpha value is -1.94. The summed E-state index contributed by atoms with van der Waals surface area (Å²) < 4.78 is 5.50. The number of carbonyl (C=O) groups excluding carboxylic acids is 2. The van der Waals surface area contributed by atoms with Gasteiger partial charge in [0.15, 0.2) is 5.78 Å². The average Bonchev–Trinajstić information content (AvgIpc) is 3.16. The highest BCUT2D eigenvalue weighted by atomic mass is 32.1. The number of benzene rings is 1. The van der Waals surface area contributed by atoms with Crippen LogP contribution in [0.5, 0.6) is 0 Å². The van der Waals surface area contributed by atoms with Crippen LogP contribution in [0.25, 0.3) is 0 Å². The topological polar surface area (TPSA) is 43.4 Å². The van der Waals surface area contributed by atoms with E-state index < -0.39 is 0 Å². The third kappa shape index (κ3) is 4.12. The first-order valence-corrected chi connectivity index (χ1v) is 9.42. The van der Waals surface area contributed by atoms with Gasteiger partial charge in [-0.05, 0) is 29.9 Å². The number of hydrogen-bond acceptors (Lipinski definition) is 4. The first-order valence-electron chi connectivity index (χ1n) is 8.54. The number of carbonyl (C=O) groups is 2. The molecule has 0 spiro atoms. The van der Waals surface area contributed by atoms with E-state index in [4.69, 9.17) is 4.74 Å². The minimum atomic E-state index is -0.288. The zero-order valence-corrected chi connectivity index (χ0v) is 14.5. The average molecular weight is 342 g/mol. The van der Waals surface area contributed by atoms with Crippen LogP contribution in [-0.2, 0) is 16.0 Å². The van der Waals surface area contributed by atoms with Gasteiger partial charge in [-0.15, -0.1) is 11.3 Å². The monoisotopic (exact) mass is 342 g/mol. The Kier molecular flexibility index (Phi) is 5.81. The molecule has 0 unspecified atom stereocenters. The van der Waals surface area contributed by atoms with Crippen molar-refractivity contribution in [2.24, 2.45) is 11.8 Å². The largest absolute Gasteiger partial charge is 0.465 e. The van der Waals surface area contributed by atoms with Crippen molar-refractivity contribution in [1.29, 1.82) is 0 Å². The fourth-order valence-corrected chi connectivity index (χ4v) is 4.08. The Bertz CT molecular complexity index is 663. The lowest BCUT2D eigenvalue weighted by Gasteiger charge is -2.28. The van der Waals surface area contributed by atoms with Gasteiger partial charge in [0, 0.05) is 12.3 Å². The van der Waals surface area contributed by atoms with Crippen LogP contribution in [0.1, 0.15) is 40.9 Å². The molecule has 3 rings (SSSR count). The molecule has 0 saturated heterocycles. The molecule has 1 fully saturated rings. The van der Waals surface area contributed by atoms with Gasteiger partial charge in [-0.25, -0.2) is 0 Å². The van der Waals surface area contributed by atoms with E-state index in [1.165, 1.54) is 11.3 Å². The maximum absolute atomic E-state index is 12.7. The summed E-state index contributed by atoms with van der Waals surface area (Å²) in [6, 6.07) is 13.7. The molecule has 24 heavy (non-hydrogen) atoms. The summed E-state index contributed by atoms with van der Waals surface area (Å²) in [5.41, 5.74) is 1.15. The second-order valence-electron chi connectivity index (χ2n) is 6.24. The van der Waals surface area contributed by atoms with Crippen molar-refractivity contribution < 1.29 is 14.3 Å². The van der Waals surface area contributed by atoms with Gasteiger partial charge in [-0.2, -0.15) is 0 Å². The molecule has 0 N–H and O–H groups in total. The van der Waals surface area contributed by atoms with Crippen LogP contribution in [0.2, 0.25) is 0 Å². The Morgan fingerprint density at radius 1 is 1.00 bits per heavy atom. The van der Waals surface area contributed by atoms with E-state index in [1.807, 2.05) is 47.8 Å². The number of ketones is 1. The number of thiophene rings is 1. The van der Waals surface area contributed by atoms with Gasteiger partial charge in [0.25, 0.3) is 0 Å². The second-order valence-corrected chi connectivity index (χ2v) is 7.19. The lowest BCUT2D eigenvalue weighted by atomic mass is 9.76. The number of ether oxygens (including phenoxy) is 1. The highest BCUT2D eigenvalue weighted by molar-refractivity contribution is 7.12. The van der Waals surface area contributed by atoms with E-state index in [0.717, 1.165) is 36.1 Å². The van der Waals surface area contributed by atoms with Crippen LogP contribution >= 0.6 is 11.3 Å². The third-order valence-corrected chi connectivity index (χ3v) is 5.53. The maximum Gasteiger partial charge on any atom is 0.309 e. The van der Waals surface area contributed by atoms with Crippen molar-refractivity contribution in [2.75, 3.05) is 6.61 Å². The van der Waals surface area contributed by atoms with E-state index >= 15 is 0 Å². The molecule has 1 aliphatic carbocycles. The maximum atomic E-state index is 12.7. The van der Waals surface area contributed by atoms with Crippen molar-refractivity contribution >= 4 is 23.1 Å². The fraction of sp³-hybridized carbons (Fsp3) is 0.400. The van der Waals surface area contributed by atoms with Crippen LogP contribution in [0, 0.1) is 11.8 Å². The van der Waals surface area contributed by atoms with Crippen LogP contribution in [0.4, 0.5) is 0 Å². The van der Waals surface area contributed by atoms with Gasteiger partial charge >= 0.3 is 5.97 Å². The highest BCUT2D eigenvalue weighted by Crippen LogP contribution is 2.34. The van der Waals surface area contributed by atoms with Crippen molar-refractivity contribution in [3.63, 3.8) is 0 Å². The summed E-state index contributed by atoms with van der Waals surface area (Å²) in [6.45, 7) is 0.374. The molecule has 1 aliphatic rings. The molecule has 4 heteroatoms. The molecule has 0 amide bonds. The van der Waals surface area contributed by atoms with Gasteiger partial charge in [-0.1, -0.05) is 49.2 Å². The summed E-state index contributed by atoms with van der Waals surface area (Å²) in [6.07, 6.45) is 4.26. The number of rotatable bonds is 6. The van der Waals surface area contributed by atoms with Gasteiger partial charge in [0.05, 0.1) is 17.4 Å². The lowest BCUT2D eigenvalue weighted by Crippen LogP contribution is -2.34. The highest BCUT2D eigenvalue weighted by Gasteiger charge is 2.37. The molecule has 2 atom stereocenters. The Morgan fingerprint density at radius 3 is 2.46 bits per heavy atom. The lowest BCUT2D eigenvalue weighted by molar-refractivity contribution is -0.151. The number of esters is 1. The molecule has 126 valence electrons. The van der Waals surface area contributed by atoms with E-state index in [9.17, 15) is 9.59 Å². The number of Topliss-reactive ketones (excluding diaryl/α,β-unsaturated/α-hetero) is 1. The van der Waals surface area contributed by atoms with Crippen LogP contribution in [0.3, 0.4) is 0 Å². The van der Waals surface area contributed by atoms with E-state index in [0.29, 0.717) is 13.0 Å². The summed E-state index contributed by atoms with van der Waals surface area (Å²) in [7, 11) is 0. The Labute approximate surface area is 146 Å². The molecule has 3 nitrogen and oxygen atoms in total. The SMILES string of the molecule is O=C(OCCc1ccccc1)[C@@H]1CCCC[C@H]1C(=O)c1cccs1. The molecule has 0 bridgehead atoms. The summed E-state index contributed by atoms with van der Waals surface area (Å²) in [4.78, 5) is 25.9. The molecule has 1 aromatic heterocycles. The van der Waals surface area contributed by atoms with Gasteiger partial charge < -0.3 is 4.74 Å². The summed E-state index contributed by atoms with van der Waals surface area (Å²) >= 11 is 1.45. The van der Waals surface area contributed by atoms with Crippen molar-refractivity contribution in [1.82, 2.24) is 0 Å². The minimum absolute atomic E-state index is 0.106.